The number of benzene rings is 2. The maximum absolute atomic E-state index is 12.8. The van der Waals surface area contributed by atoms with E-state index in [-0.39, 0.29) is 14.9 Å². The smallest absolute Gasteiger partial charge is 0.322 e. The molecule has 0 saturated carbocycles. The van der Waals surface area contributed by atoms with Crippen LogP contribution in [0, 0.1) is 0 Å². The second kappa shape index (κ2) is 8.86. The van der Waals surface area contributed by atoms with Gasteiger partial charge in [0.1, 0.15) is 5.75 Å². The van der Waals surface area contributed by atoms with E-state index in [2.05, 4.69) is 27.9 Å². The van der Waals surface area contributed by atoms with Gasteiger partial charge in [-0.05, 0) is 68.7 Å². The fourth-order valence-electron chi connectivity index (χ4n) is 3.64. The van der Waals surface area contributed by atoms with Gasteiger partial charge in [0.2, 0.25) is 10.0 Å². The second-order valence-electron chi connectivity index (χ2n) is 7.63. The van der Waals surface area contributed by atoms with Crippen molar-refractivity contribution in [1.29, 1.82) is 0 Å². The number of nitrogens with one attached hydrogen (secondary N) is 1. The molecule has 1 aliphatic carbocycles. The molecule has 2 aromatic carbocycles. The fourth-order valence-corrected chi connectivity index (χ4v) is 5.23. The lowest BCUT2D eigenvalue weighted by atomic mass is 10.1. The Balaban J connectivity index is 1.56. The lowest BCUT2D eigenvalue weighted by molar-refractivity contribution is 0.407. The summed E-state index contributed by atoms with van der Waals surface area (Å²) < 4.78 is 35.9. The van der Waals surface area contributed by atoms with Gasteiger partial charge in [0.25, 0.3) is 0 Å². The van der Waals surface area contributed by atoms with Crippen molar-refractivity contribution < 1.29 is 13.2 Å². The molecule has 0 saturated heterocycles. The monoisotopic (exact) mass is 492 g/mol. The standard InChI is InChI=1S/C22H22Cl2N4O3S/c1-4-28-21(14(3)27-32(29,30)18-7-8-19(23)20(24)12-18)25-26-22(28)31-17-6-5-15-9-13(2)10-16(15)11-17/h5-8,10-12,14,27H,4,9H2,1-3H3/t14-/m1/s1. The van der Waals surface area contributed by atoms with Crippen molar-refractivity contribution in [2.24, 2.45) is 0 Å². The first kappa shape index (κ1) is 22.8. The molecular weight excluding hydrogens is 471 g/mol. The normalized spacial score (nSPS) is 14.2. The largest absolute Gasteiger partial charge is 0.424 e. The first-order valence-electron chi connectivity index (χ1n) is 10.1. The third kappa shape index (κ3) is 4.54. The summed E-state index contributed by atoms with van der Waals surface area (Å²) in [5.74, 6) is 1.08. The van der Waals surface area contributed by atoms with Gasteiger partial charge in [-0.1, -0.05) is 46.0 Å². The molecule has 32 heavy (non-hydrogen) atoms. The van der Waals surface area contributed by atoms with Crippen LogP contribution < -0.4 is 9.46 Å². The highest BCUT2D eigenvalue weighted by Crippen LogP contribution is 2.31. The molecule has 0 unspecified atom stereocenters. The Kier molecular flexibility index (Phi) is 6.31. The summed E-state index contributed by atoms with van der Waals surface area (Å²) in [5, 5.41) is 8.76. The molecule has 1 heterocycles. The van der Waals surface area contributed by atoms with Gasteiger partial charge >= 0.3 is 6.01 Å². The Morgan fingerprint density at radius 1 is 1.16 bits per heavy atom. The van der Waals surface area contributed by atoms with Crippen LogP contribution in [0.5, 0.6) is 11.8 Å². The van der Waals surface area contributed by atoms with E-state index < -0.39 is 16.1 Å². The molecule has 1 aliphatic rings. The molecular formula is C22H22Cl2N4O3S. The average molecular weight is 493 g/mol. The molecule has 0 amide bonds. The summed E-state index contributed by atoms with van der Waals surface area (Å²) in [5.41, 5.74) is 3.70. The number of aromatic nitrogens is 3. The van der Waals surface area contributed by atoms with Crippen molar-refractivity contribution in [1.82, 2.24) is 19.5 Å². The van der Waals surface area contributed by atoms with E-state index in [1.807, 2.05) is 25.1 Å². The predicted molar refractivity (Wildman–Crippen MR) is 125 cm³/mol. The molecule has 0 bridgehead atoms. The highest BCUT2D eigenvalue weighted by Gasteiger charge is 2.25. The van der Waals surface area contributed by atoms with Crippen LogP contribution in [0.15, 0.2) is 46.9 Å². The predicted octanol–water partition coefficient (Wildman–Crippen LogP) is 5.40. The van der Waals surface area contributed by atoms with Gasteiger partial charge < -0.3 is 4.74 Å². The highest BCUT2D eigenvalue weighted by molar-refractivity contribution is 7.89. The van der Waals surface area contributed by atoms with E-state index in [0.29, 0.717) is 24.1 Å². The minimum absolute atomic E-state index is 0.0132. The van der Waals surface area contributed by atoms with Crippen molar-refractivity contribution in [3.8, 4) is 11.8 Å². The van der Waals surface area contributed by atoms with E-state index >= 15 is 0 Å². The van der Waals surface area contributed by atoms with Gasteiger partial charge in [-0.3, -0.25) is 4.57 Å². The van der Waals surface area contributed by atoms with Crippen LogP contribution in [-0.4, -0.2) is 23.2 Å². The quantitative estimate of drug-likeness (QED) is 0.477. The fraction of sp³-hybridized carbons (Fsp3) is 0.273. The van der Waals surface area contributed by atoms with Crippen molar-refractivity contribution in [3.63, 3.8) is 0 Å². The number of hydrogen-bond acceptors (Lipinski definition) is 5. The van der Waals surface area contributed by atoms with E-state index in [1.165, 1.54) is 29.3 Å². The molecule has 7 nitrogen and oxygen atoms in total. The second-order valence-corrected chi connectivity index (χ2v) is 10.2. The molecule has 10 heteroatoms. The highest BCUT2D eigenvalue weighted by atomic mass is 35.5. The Bertz CT molecular complexity index is 1320. The Labute approximate surface area is 197 Å². The minimum Gasteiger partial charge on any atom is -0.424 e. The Hall–Kier alpha value is -2.39. The zero-order valence-corrected chi connectivity index (χ0v) is 20.1. The van der Waals surface area contributed by atoms with Crippen molar-refractivity contribution in [2.75, 3.05) is 0 Å². The first-order valence-corrected chi connectivity index (χ1v) is 12.3. The summed E-state index contributed by atoms with van der Waals surface area (Å²) >= 11 is 11.9. The number of allylic oxidation sites excluding steroid dienone is 1. The molecule has 1 atom stereocenters. The Morgan fingerprint density at radius 2 is 1.94 bits per heavy atom. The molecule has 1 aromatic heterocycles. The lowest BCUT2D eigenvalue weighted by Crippen LogP contribution is -2.29. The molecule has 0 radical (unpaired) electrons. The maximum Gasteiger partial charge on any atom is 0.322 e. The summed E-state index contributed by atoms with van der Waals surface area (Å²) in [7, 11) is -3.86. The number of halogens is 2. The number of sulfonamides is 1. The van der Waals surface area contributed by atoms with Gasteiger partial charge in [-0.15, -0.1) is 5.10 Å². The summed E-state index contributed by atoms with van der Waals surface area (Å²) in [6.07, 6.45) is 3.08. The lowest BCUT2D eigenvalue weighted by Gasteiger charge is -2.15. The molecule has 1 N–H and O–H groups in total. The number of hydrogen-bond donors (Lipinski definition) is 1. The van der Waals surface area contributed by atoms with Gasteiger partial charge in [0, 0.05) is 6.54 Å². The molecule has 0 fully saturated rings. The number of ether oxygens (including phenoxy) is 1. The third-order valence-corrected chi connectivity index (χ3v) is 7.46. The molecule has 4 rings (SSSR count). The van der Waals surface area contributed by atoms with Crippen LogP contribution in [0.1, 0.15) is 43.8 Å². The van der Waals surface area contributed by atoms with E-state index in [4.69, 9.17) is 27.9 Å². The van der Waals surface area contributed by atoms with E-state index in [1.54, 1.807) is 11.5 Å². The minimum atomic E-state index is -3.86. The van der Waals surface area contributed by atoms with Crippen molar-refractivity contribution in [3.05, 3.63) is 69.0 Å². The zero-order valence-electron chi connectivity index (χ0n) is 17.8. The average Bonchev–Trinajstić information content (AvgIpc) is 3.31. The van der Waals surface area contributed by atoms with Gasteiger partial charge in [0.15, 0.2) is 5.82 Å². The van der Waals surface area contributed by atoms with E-state index in [0.717, 1.165) is 12.0 Å². The van der Waals surface area contributed by atoms with Crippen LogP contribution >= 0.6 is 23.2 Å². The van der Waals surface area contributed by atoms with Gasteiger partial charge in [-0.2, -0.15) is 0 Å². The van der Waals surface area contributed by atoms with Gasteiger partial charge in [0.05, 0.1) is 21.0 Å². The van der Waals surface area contributed by atoms with Crippen LogP contribution in [0.25, 0.3) is 6.08 Å². The third-order valence-electron chi connectivity index (χ3n) is 5.18. The SMILES string of the molecule is CCn1c(Oc2ccc3c(c2)C=C(C)C3)nnc1[C@@H](C)NS(=O)(=O)c1ccc(Cl)c(Cl)c1. The van der Waals surface area contributed by atoms with Crippen LogP contribution in [0.4, 0.5) is 0 Å². The molecule has 168 valence electrons. The van der Waals surface area contributed by atoms with E-state index in [9.17, 15) is 8.42 Å². The molecule has 0 spiro atoms. The topological polar surface area (TPSA) is 86.1 Å². The van der Waals surface area contributed by atoms with Gasteiger partial charge in [-0.25, -0.2) is 13.1 Å². The molecule has 0 aliphatic heterocycles. The van der Waals surface area contributed by atoms with Crippen LogP contribution in [-0.2, 0) is 23.0 Å². The summed E-state index contributed by atoms with van der Waals surface area (Å²) in [6, 6.07) is 9.68. The first-order chi connectivity index (χ1) is 15.2. The van der Waals surface area contributed by atoms with Crippen molar-refractivity contribution >= 4 is 39.3 Å². The van der Waals surface area contributed by atoms with Crippen LogP contribution in [0.3, 0.4) is 0 Å². The maximum atomic E-state index is 12.8. The Morgan fingerprint density at radius 3 is 2.66 bits per heavy atom. The number of fused-ring (bicyclic) bond motifs is 1. The van der Waals surface area contributed by atoms with Crippen molar-refractivity contribution in [2.45, 2.75) is 44.7 Å². The molecule has 3 aromatic rings. The zero-order chi connectivity index (χ0) is 23.0. The summed E-state index contributed by atoms with van der Waals surface area (Å²) in [6.45, 7) is 6.20. The number of nitrogens with zero attached hydrogens (tertiary/aromatic N) is 3. The summed E-state index contributed by atoms with van der Waals surface area (Å²) in [4.78, 5) is 0.0132. The van der Waals surface area contributed by atoms with Crippen LogP contribution in [0.2, 0.25) is 10.0 Å². The number of rotatable bonds is 7.